The van der Waals surface area contributed by atoms with E-state index in [9.17, 15) is 14.4 Å². The molecule has 2 aliphatic rings. The van der Waals surface area contributed by atoms with E-state index in [-0.39, 0.29) is 24.9 Å². The molecule has 2 saturated heterocycles. The number of hydrogen-bond donors (Lipinski definition) is 2. The largest absolute Gasteiger partial charge is 0.351 e. The fourth-order valence-electron chi connectivity index (χ4n) is 4.20. The third-order valence-electron chi connectivity index (χ3n) is 5.75. The number of hydrogen-bond acceptors (Lipinski definition) is 3. The molecule has 4 amide bonds. The van der Waals surface area contributed by atoms with Crippen LogP contribution >= 0.6 is 0 Å². The maximum atomic E-state index is 13.1. The van der Waals surface area contributed by atoms with Crippen molar-refractivity contribution in [1.29, 1.82) is 0 Å². The molecule has 0 radical (unpaired) electrons. The first-order valence-corrected chi connectivity index (χ1v) is 9.61. The van der Waals surface area contributed by atoms with Crippen molar-refractivity contribution < 1.29 is 14.4 Å². The number of fused-ring (bicyclic) bond motifs is 1. The number of urea groups is 1. The van der Waals surface area contributed by atoms with Gasteiger partial charge in [0, 0.05) is 17.4 Å². The highest BCUT2D eigenvalue weighted by Crippen LogP contribution is 2.30. The van der Waals surface area contributed by atoms with E-state index < -0.39 is 11.6 Å². The Morgan fingerprint density at radius 3 is 2.59 bits per heavy atom. The Balaban J connectivity index is 1.34. The first-order chi connectivity index (χ1) is 14.1. The predicted molar refractivity (Wildman–Crippen MR) is 107 cm³/mol. The molecule has 3 heterocycles. The summed E-state index contributed by atoms with van der Waals surface area (Å²) in [7, 11) is 0. The summed E-state index contributed by atoms with van der Waals surface area (Å²) in [5.74, 6) is -0.431. The van der Waals surface area contributed by atoms with Gasteiger partial charge in [-0.2, -0.15) is 0 Å². The van der Waals surface area contributed by atoms with Crippen LogP contribution in [0.1, 0.15) is 22.5 Å². The van der Waals surface area contributed by atoms with Crippen LogP contribution in [0.2, 0.25) is 0 Å². The second-order valence-electron chi connectivity index (χ2n) is 7.64. The van der Waals surface area contributed by atoms with E-state index in [0.29, 0.717) is 18.7 Å². The summed E-state index contributed by atoms with van der Waals surface area (Å²) >= 11 is 0. The molecular weight excluding hydrogens is 368 g/mol. The number of nitrogens with one attached hydrogen (secondary N) is 2. The van der Waals surface area contributed by atoms with Gasteiger partial charge in [-0.15, -0.1) is 0 Å². The zero-order valence-corrected chi connectivity index (χ0v) is 15.7. The average molecular weight is 388 g/mol. The van der Waals surface area contributed by atoms with Crippen LogP contribution in [0.5, 0.6) is 0 Å². The van der Waals surface area contributed by atoms with Crippen LogP contribution in [0.4, 0.5) is 4.79 Å². The first-order valence-electron chi connectivity index (χ1n) is 9.61. The number of para-hydroxylation sites is 1. The summed E-state index contributed by atoms with van der Waals surface area (Å²) in [5.41, 5.74) is 1.23. The lowest BCUT2D eigenvalue weighted by Crippen LogP contribution is -2.49. The Morgan fingerprint density at radius 2 is 1.79 bits per heavy atom. The van der Waals surface area contributed by atoms with Gasteiger partial charge in [-0.05, 0) is 24.1 Å². The Hall–Kier alpha value is -3.61. The molecule has 2 aliphatic heterocycles. The molecule has 3 aromatic rings. The number of nitrogens with zero attached hydrogens (tertiary/aromatic N) is 2. The van der Waals surface area contributed by atoms with Gasteiger partial charge in [-0.25, -0.2) is 4.79 Å². The van der Waals surface area contributed by atoms with Crippen molar-refractivity contribution in [2.45, 2.75) is 18.5 Å². The van der Waals surface area contributed by atoms with Crippen molar-refractivity contribution in [2.75, 3.05) is 13.1 Å². The van der Waals surface area contributed by atoms with Crippen molar-refractivity contribution in [3.63, 3.8) is 0 Å². The third kappa shape index (κ3) is 2.86. The minimum atomic E-state index is -1.03. The summed E-state index contributed by atoms with van der Waals surface area (Å²) < 4.78 is 0. The van der Waals surface area contributed by atoms with Gasteiger partial charge in [0.1, 0.15) is 11.2 Å². The lowest BCUT2D eigenvalue weighted by Gasteiger charge is -2.22. The molecule has 0 bridgehead atoms. The second-order valence-corrected chi connectivity index (χ2v) is 7.64. The van der Waals surface area contributed by atoms with Crippen LogP contribution in [-0.2, 0) is 11.3 Å². The number of amides is 4. The second kappa shape index (κ2) is 6.48. The van der Waals surface area contributed by atoms with Crippen LogP contribution in [-0.4, -0.2) is 51.3 Å². The number of aromatic nitrogens is 1. The van der Waals surface area contributed by atoms with Gasteiger partial charge in [-0.3, -0.25) is 14.5 Å². The zero-order valence-electron chi connectivity index (χ0n) is 15.7. The molecule has 29 heavy (non-hydrogen) atoms. The molecule has 1 unspecified atom stereocenters. The smallest absolute Gasteiger partial charge is 0.325 e. The Bertz CT molecular complexity index is 1090. The van der Waals surface area contributed by atoms with Gasteiger partial charge in [0.2, 0.25) is 0 Å². The van der Waals surface area contributed by atoms with Crippen LogP contribution in [0.15, 0.2) is 60.7 Å². The van der Waals surface area contributed by atoms with Crippen molar-refractivity contribution in [3.05, 3.63) is 71.9 Å². The van der Waals surface area contributed by atoms with Crippen molar-refractivity contribution >= 4 is 28.7 Å². The number of H-pyrrole nitrogens is 1. The molecule has 2 fully saturated rings. The number of aromatic amines is 1. The van der Waals surface area contributed by atoms with E-state index >= 15 is 0 Å². The fraction of sp³-hybridized carbons (Fsp3) is 0.227. The van der Waals surface area contributed by atoms with Gasteiger partial charge in [-0.1, -0.05) is 48.5 Å². The van der Waals surface area contributed by atoms with E-state index in [2.05, 4.69) is 10.3 Å². The molecule has 1 aromatic heterocycles. The summed E-state index contributed by atoms with van der Waals surface area (Å²) in [4.78, 5) is 44.6. The summed E-state index contributed by atoms with van der Waals surface area (Å²) in [6.45, 7) is 0.819. The van der Waals surface area contributed by atoms with Crippen LogP contribution in [0.3, 0.4) is 0 Å². The van der Waals surface area contributed by atoms with E-state index in [4.69, 9.17) is 0 Å². The van der Waals surface area contributed by atoms with Crippen LogP contribution in [0, 0.1) is 0 Å². The van der Waals surface area contributed by atoms with E-state index in [1.54, 1.807) is 4.90 Å². The van der Waals surface area contributed by atoms with E-state index in [1.807, 2.05) is 60.7 Å². The summed E-state index contributed by atoms with van der Waals surface area (Å²) in [6.07, 6.45) is 0.412. The topological polar surface area (TPSA) is 85.5 Å². The van der Waals surface area contributed by atoms with Crippen molar-refractivity contribution in [3.8, 4) is 0 Å². The number of imide groups is 1. The maximum Gasteiger partial charge on any atom is 0.325 e. The van der Waals surface area contributed by atoms with Gasteiger partial charge in [0.15, 0.2) is 0 Å². The average Bonchev–Trinajstić information content (AvgIpc) is 3.41. The summed E-state index contributed by atoms with van der Waals surface area (Å²) in [6, 6.07) is 18.5. The molecule has 5 rings (SSSR count). The molecular formula is C22H20N4O3. The highest BCUT2D eigenvalue weighted by Gasteiger charge is 2.55. The molecule has 0 aliphatic carbocycles. The highest BCUT2D eigenvalue weighted by molar-refractivity contribution is 6.08. The van der Waals surface area contributed by atoms with Crippen molar-refractivity contribution in [1.82, 2.24) is 20.1 Å². The minimum absolute atomic E-state index is 0.165. The highest BCUT2D eigenvalue weighted by atomic mass is 16.2. The zero-order chi connectivity index (χ0) is 20.0. The van der Waals surface area contributed by atoms with Crippen LogP contribution < -0.4 is 5.32 Å². The molecule has 7 nitrogen and oxygen atoms in total. The Kier molecular flexibility index (Phi) is 3.91. The molecule has 2 aromatic carbocycles. The van der Waals surface area contributed by atoms with Crippen LogP contribution in [0.25, 0.3) is 10.9 Å². The van der Waals surface area contributed by atoms with Gasteiger partial charge >= 0.3 is 6.03 Å². The Labute approximate surface area is 167 Å². The number of carbonyl (C=O) groups excluding carboxylic acids is 3. The third-order valence-corrected chi connectivity index (χ3v) is 5.75. The molecule has 1 atom stereocenters. The number of benzene rings is 2. The normalized spacial score (nSPS) is 21.4. The van der Waals surface area contributed by atoms with E-state index in [0.717, 1.165) is 16.5 Å². The summed E-state index contributed by atoms with van der Waals surface area (Å²) in [5, 5.41) is 3.81. The van der Waals surface area contributed by atoms with Gasteiger partial charge in [0.25, 0.3) is 11.8 Å². The molecule has 7 heteroatoms. The molecule has 0 saturated carbocycles. The van der Waals surface area contributed by atoms with Gasteiger partial charge in [0.05, 0.1) is 13.1 Å². The minimum Gasteiger partial charge on any atom is -0.351 e. The number of likely N-dealkylation sites (tertiary alicyclic amines) is 1. The monoisotopic (exact) mass is 388 g/mol. The lowest BCUT2D eigenvalue weighted by molar-refractivity contribution is -0.131. The van der Waals surface area contributed by atoms with E-state index in [1.165, 1.54) is 4.90 Å². The number of rotatable bonds is 3. The first kappa shape index (κ1) is 17.5. The van der Waals surface area contributed by atoms with Gasteiger partial charge < -0.3 is 15.2 Å². The lowest BCUT2D eigenvalue weighted by atomic mass is 9.99. The Morgan fingerprint density at radius 1 is 1.03 bits per heavy atom. The maximum absolute atomic E-state index is 13.1. The molecule has 2 N–H and O–H groups in total. The number of carbonyl (C=O) groups is 3. The molecule has 146 valence electrons. The quantitative estimate of drug-likeness (QED) is 0.676. The van der Waals surface area contributed by atoms with Crippen molar-refractivity contribution in [2.24, 2.45) is 0 Å². The molecule has 1 spiro atoms. The predicted octanol–water partition coefficient (Wildman–Crippen LogP) is 2.50. The standard InChI is InChI=1S/C22H20N4O3/c27-19(18-12-16-8-4-5-9-17(16)23-18)25-11-10-22(14-25)20(28)26(21(29)24-22)13-15-6-2-1-3-7-15/h1-9,12,23H,10-11,13-14H2,(H,24,29). The fourth-order valence-corrected chi connectivity index (χ4v) is 4.20. The SMILES string of the molecule is O=C(c1cc2ccccc2[nH]1)N1CCC2(C1)NC(=O)N(Cc1ccccc1)C2=O.